The van der Waals surface area contributed by atoms with Crippen molar-refractivity contribution in [1.29, 1.82) is 0 Å². The fraction of sp³-hybridized carbons (Fsp3) is 0.211. The number of benzene rings is 2. The normalized spacial score (nSPS) is 12.5. The minimum absolute atomic E-state index is 0.0293. The topological polar surface area (TPSA) is 111 Å². The van der Waals surface area contributed by atoms with Gasteiger partial charge in [0.2, 0.25) is 10.0 Å². The third-order valence-corrected chi connectivity index (χ3v) is 5.45. The minimum atomic E-state index is -3.83. The zero-order valence-electron chi connectivity index (χ0n) is 15.3. The Morgan fingerprint density at radius 2 is 1.93 bits per heavy atom. The quantitative estimate of drug-likeness (QED) is 0.606. The fourth-order valence-corrected chi connectivity index (χ4v) is 3.79. The van der Waals surface area contributed by atoms with Crippen molar-refractivity contribution in [3.8, 4) is 0 Å². The van der Waals surface area contributed by atoms with Crippen molar-refractivity contribution < 1.29 is 22.5 Å². The molecule has 0 fully saturated rings. The lowest BCUT2D eigenvalue weighted by Crippen LogP contribution is -2.27. The van der Waals surface area contributed by atoms with Gasteiger partial charge >= 0.3 is 5.97 Å². The van der Waals surface area contributed by atoms with Crippen molar-refractivity contribution in [3.63, 3.8) is 0 Å². The van der Waals surface area contributed by atoms with E-state index in [0.717, 1.165) is 5.56 Å². The lowest BCUT2D eigenvalue weighted by atomic mass is 10.1. The second kappa shape index (κ2) is 8.32. The van der Waals surface area contributed by atoms with Crippen LogP contribution in [0.15, 0.2) is 64.0 Å². The Morgan fingerprint density at radius 1 is 1.18 bits per heavy atom. The minimum Gasteiger partial charge on any atom is -0.452 e. The SMILES string of the molecule is Cc1noc(COC(=O)c2cccc(S(=O)(=O)N[C@H](C)c3ccccc3)c2)n1. The number of nitrogens with one attached hydrogen (secondary N) is 1. The first kappa shape index (κ1) is 19.7. The van der Waals surface area contributed by atoms with Crippen molar-refractivity contribution in [3.05, 3.63) is 77.4 Å². The van der Waals surface area contributed by atoms with Gasteiger partial charge in [0.15, 0.2) is 12.4 Å². The van der Waals surface area contributed by atoms with Gasteiger partial charge in [0.25, 0.3) is 5.89 Å². The van der Waals surface area contributed by atoms with Crippen molar-refractivity contribution >= 4 is 16.0 Å². The molecular weight excluding hydrogens is 382 g/mol. The number of carbonyl (C=O) groups excluding carboxylic acids is 1. The highest BCUT2D eigenvalue weighted by Crippen LogP contribution is 2.18. The zero-order valence-corrected chi connectivity index (χ0v) is 16.1. The van der Waals surface area contributed by atoms with E-state index >= 15 is 0 Å². The first-order valence-corrected chi connectivity index (χ1v) is 9.97. The smallest absolute Gasteiger partial charge is 0.338 e. The predicted octanol–water partition coefficient (Wildman–Crippen LogP) is 2.77. The molecule has 9 heteroatoms. The van der Waals surface area contributed by atoms with E-state index in [0.29, 0.717) is 5.82 Å². The standard InChI is InChI=1S/C19H19N3O5S/c1-13(15-7-4-3-5-8-15)22-28(24,25)17-10-6-9-16(11-17)19(23)26-12-18-20-14(2)21-27-18/h3-11,13,22H,12H2,1-2H3/t13-/m1/s1. The van der Waals surface area contributed by atoms with Crippen LogP contribution in [0, 0.1) is 6.92 Å². The van der Waals surface area contributed by atoms with Crippen LogP contribution in [0.3, 0.4) is 0 Å². The van der Waals surface area contributed by atoms with Gasteiger partial charge in [-0.25, -0.2) is 17.9 Å². The number of nitrogens with zero attached hydrogens (tertiary/aromatic N) is 2. The van der Waals surface area contributed by atoms with Crippen molar-refractivity contribution in [2.24, 2.45) is 0 Å². The molecule has 28 heavy (non-hydrogen) atoms. The summed E-state index contributed by atoms with van der Waals surface area (Å²) in [7, 11) is -3.83. The highest BCUT2D eigenvalue weighted by Gasteiger charge is 2.20. The van der Waals surface area contributed by atoms with Gasteiger partial charge in [-0.15, -0.1) is 0 Å². The van der Waals surface area contributed by atoms with Gasteiger partial charge in [-0.05, 0) is 37.6 Å². The number of sulfonamides is 1. The number of carbonyl (C=O) groups is 1. The van der Waals surface area contributed by atoms with Crippen LogP contribution in [-0.4, -0.2) is 24.5 Å². The maximum absolute atomic E-state index is 12.7. The number of esters is 1. The summed E-state index contributed by atoms with van der Waals surface area (Å²) < 4.78 is 37.9. The van der Waals surface area contributed by atoms with Crippen LogP contribution in [0.25, 0.3) is 0 Å². The fourth-order valence-electron chi connectivity index (χ4n) is 2.51. The molecule has 0 aliphatic rings. The van der Waals surface area contributed by atoms with Crippen molar-refractivity contribution in [2.75, 3.05) is 0 Å². The van der Waals surface area contributed by atoms with E-state index in [2.05, 4.69) is 14.9 Å². The second-order valence-corrected chi connectivity index (χ2v) is 7.81. The number of hydrogen-bond donors (Lipinski definition) is 1. The molecule has 146 valence electrons. The molecule has 0 aliphatic carbocycles. The van der Waals surface area contributed by atoms with Crippen LogP contribution in [0.4, 0.5) is 0 Å². The van der Waals surface area contributed by atoms with Gasteiger partial charge in [-0.2, -0.15) is 4.98 Å². The Morgan fingerprint density at radius 3 is 2.61 bits per heavy atom. The molecule has 1 heterocycles. The molecule has 0 saturated heterocycles. The largest absolute Gasteiger partial charge is 0.452 e. The van der Waals surface area contributed by atoms with Crippen LogP contribution in [0.1, 0.15) is 40.6 Å². The summed E-state index contributed by atoms with van der Waals surface area (Å²) in [5.41, 5.74) is 0.933. The lowest BCUT2D eigenvalue weighted by Gasteiger charge is -2.15. The molecule has 2 aromatic carbocycles. The first-order chi connectivity index (χ1) is 13.3. The van der Waals surface area contributed by atoms with Gasteiger partial charge in [0, 0.05) is 6.04 Å². The molecule has 0 radical (unpaired) electrons. The third-order valence-electron chi connectivity index (χ3n) is 3.91. The molecule has 3 aromatic rings. The van der Waals surface area contributed by atoms with E-state index in [4.69, 9.17) is 9.26 Å². The average Bonchev–Trinajstić information content (AvgIpc) is 3.12. The number of hydrogen-bond acceptors (Lipinski definition) is 7. The molecule has 0 amide bonds. The summed E-state index contributed by atoms with van der Waals surface area (Å²) in [6.45, 7) is 3.20. The summed E-state index contributed by atoms with van der Waals surface area (Å²) in [5, 5.41) is 3.60. The molecule has 0 unspecified atom stereocenters. The highest BCUT2D eigenvalue weighted by molar-refractivity contribution is 7.89. The number of rotatable bonds is 7. The van der Waals surface area contributed by atoms with Crippen LogP contribution in [-0.2, 0) is 21.4 Å². The van der Waals surface area contributed by atoms with Gasteiger partial charge in [0.1, 0.15) is 0 Å². The van der Waals surface area contributed by atoms with Gasteiger partial charge in [0.05, 0.1) is 10.5 Å². The average molecular weight is 401 g/mol. The first-order valence-electron chi connectivity index (χ1n) is 8.49. The van der Waals surface area contributed by atoms with Crippen LogP contribution in [0.2, 0.25) is 0 Å². The monoisotopic (exact) mass is 401 g/mol. The molecule has 1 atom stereocenters. The Bertz CT molecular complexity index is 1060. The summed E-state index contributed by atoms with van der Waals surface area (Å²) >= 11 is 0. The molecule has 1 aromatic heterocycles. The molecule has 8 nitrogen and oxygen atoms in total. The van der Waals surface area contributed by atoms with E-state index in [-0.39, 0.29) is 23.0 Å². The van der Waals surface area contributed by atoms with E-state index in [1.807, 2.05) is 30.3 Å². The van der Waals surface area contributed by atoms with Crippen molar-refractivity contribution in [2.45, 2.75) is 31.4 Å². The van der Waals surface area contributed by atoms with E-state index < -0.39 is 22.0 Å². The predicted molar refractivity (Wildman–Crippen MR) is 99.8 cm³/mol. The maximum Gasteiger partial charge on any atom is 0.338 e. The maximum atomic E-state index is 12.7. The number of ether oxygens (including phenoxy) is 1. The molecule has 1 N–H and O–H groups in total. The molecule has 0 bridgehead atoms. The lowest BCUT2D eigenvalue weighted by molar-refractivity contribution is 0.0429. The number of aryl methyl sites for hydroxylation is 1. The van der Waals surface area contributed by atoms with Gasteiger partial charge < -0.3 is 9.26 Å². The van der Waals surface area contributed by atoms with Crippen LogP contribution < -0.4 is 4.72 Å². The van der Waals surface area contributed by atoms with Crippen LogP contribution in [0.5, 0.6) is 0 Å². The Balaban J connectivity index is 1.71. The Hall–Kier alpha value is -3.04. The van der Waals surface area contributed by atoms with Gasteiger partial charge in [-0.3, -0.25) is 0 Å². The summed E-state index contributed by atoms with van der Waals surface area (Å²) in [5.74, 6) is -0.102. The summed E-state index contributed by atoms with van der Waals surface area (Å²) in [6, 6.07) is 14.4. The Labute approximate surface area is 162 Å². The molecule has 0 saturated carbocycles. The second-order valence-electron chi connectivity index (χ2n) is 6.09. The van der Waals surface area contributed by atoms with Crippen LogP contribution >= 0.6 is 0 Å². The zero-order chi connectivity index (χ0) is 20.1. The molecule has 3 rings (SSSR count). The van der Waals surface area contributed by atoms with E-state index in [9.17, 15) is 13.2 Å². The molecule has 0 spiro atoms. The molecular formula is C19H19N3O5S. The molecule has 0 aliphatic heterocycles. The highest BCUT2D eigenvalue weighted by atomic mass is 32.2. The third kappa shape index (κ3) is 4.81. The summed E-state index contributed by atoms with van der Waals surface area (Å²) in [4.78, 5) is 16.1. The summed E-state index contributed by atoms with van der Waals surface area (Å²) in [6.07, 6.45) is 0. The van der Waals surface area contributed by atoms with Gasteiger partial charge in [-0.1, -0.05) is 41.6 Å². The number of aromatic nitrogens is 2. The Kier molecular flexibility index (Phi) is 5.86. The van der Waals surface area contributed by atoms with E-state index in [1.165, 1.54) is 24.3 Å². The van der Waals surface area contributed by atoms with E-state index in [1.54, 1.807) is 13.8 Å². The van der Waals surface area contributed by atoms with Crippen molar-refractivity contribution in [1.82, 2.24) is 14.9 Å².